The topological polar surface area (TPSA) is 50.4 Å². The number of hydrogen-bond acceptors (Lipinski definition) is 3. The van der Waals surface area contributed by atoms with Gasteiger partial charge in [-0.15, -0.1) is 0 Å². The molecule has 0 aromatic carbocycles. The molecule has 4 atom stereocenters. The van der Waals surface area contributed by atoms with Gasteiger partial charge in [0.15, 0.2) is 0 Å². The van der Waals surface area contributed by atoms with Crippen molar-refractivity contribution < 1.29 is 9.53 Å². The number of amides is 1. The molecule has 1 amide bonds. The molecular formula is C18H34N2O2. The molecule has 128 valence electrons. The van der Waals surface area contributed by atoms with Gasteiger partial charge in [0.1, 0.15) is 5.60 Å². The first-order valence-corrected chi connectivity index (χ1v) is 9.02. The van der Waals surface area contributed by atoms with E-state index in [4.69, 9.17) is 4.74 Å². The van der Waals surface area contributed by atoms with E-state index in [1.54, 1.807) is 0 Å². The highest BCUT2D eigenvalue weighted by atomic mass is 16.6. The van der Waals surface area contributed by atoms with Crippen molar-refractivity contribution in [3.05, 3.63) is 0 Å². The minimum absolute atomic E-state index is 0.205. The van der Waals surface area contributed by atoms with Crippen molar-refractivity contribution in [2.75, 3.05) is 0 Å². The monoisotopic (exact) mass is 310 g/mol. The third kappa shape index (κ3) is 4.87. The van der Waals surface area contributed by atoms with Crippen LogP contribution in [0, 0.1) is 11.8 Å². The molecule has 0 aromatic heterocycles. The molecule has 0 saturated heterocycles. The molecule has 0 bridgehead atoms. The third-order valence-electron chi connectivity index (χ3n) is 5.17. The first kappa shape index (κ1) is 17.6. The van der Waals surface area contributed by atoms with Gasteiger partial charge in [-0.25, -0.2) is 4.79 Å². The van der Waals surface area contributed by atoms with E-state index in [1.165, 1.54) is 25.7 Å². The Morgan fingerprint density at radius 2 is 1.50 bits per heavy atom. The molecule has 2 aliphatic carbocycles. The van der Waals surface area contributed by atoms with E-state index in [0.717, 1.165) is 24.7 Å². The summed E-state index contributed by atoms with van der Waals surface area (Å²) < 4.78 is 5.40. The van der Waals surface area contributed by atoms with Crippen LogP contribution in [0.5, 0.6) is 0 Å². The van der Waals surface area contributed by atoms with Gasteiger partial charge in [-0.2, -0.15) is 0 Å². The van der Waals surface area contributed by atoms with Gasteiger partial charge in [0.2, 0.25) is 0 Å². The maximum atomic E-state index is 12.0. The van der Waals surface area contributed by atoms with Gasteiger partial charge >= 0.3 is 6.09 Å². The second-order valence-electron chi connectivity index (χ2n) is 8.37. The predicted molar refractivity (Wildman–Crippen MR) is 89.9 cm³/mol. The quantitative estimate of drug-likeness (QED) is 0.832. The Morgan fingerprint density at radius 3 is 2.09 bits per heavy atom. The highest BCUT2D eigenvalue weighted by Gasteiger charge is 2.35. The van der Waals surface area contributed by atoms with Crippen LogP contribution in [0.3, 0.4) is 0 Å². The maximum absolute atomic E-state index is 12.0. The van der Waals surface area contributed by atoms with Crippen LogP contribution in [0.1, 0.15) is 73.1 Å². The summed E-state index contributed by atoms with van der Waals surface area (Å²) in [6, 6.07) is 1.18. The van der Waals surface area contributed by atoms with Crippen LogP contribution in [0.15, 0.2) is 0 Å². The summed E-state index contributed by atoms with van der Waals surface area (Å²) in [6.07, 6.45) is 7.08. The Labute approximate surface area is 135 Å². The minimum Gasteiger partial charge on any atom is -0.444 e. The molecule has 2 fully saturated rings. The molecule has 2 N–H and O–H groups in total. The number of carbonyl (C=O) groups is 1. The lowest BCUT2D eigenvalue weighted by molar-refractivity contribution is 0.0493. The van der Waals surface area contributed by atoms with E-state index in [0.29, 0.717) is 12.1 Å². The van der Waals surface area contributed by atoms with Crippen molar-refractivity contribution in [3.63, 3.8) is 0 Å². The summed E-state index contributed by atoms with van der Waals surface area (Å²) >= 11 is 0. The van der Waals surface area contributed by atoms with Gasteiger partial charge in [-0.05, 0) is 64.7 Å². The van der Waals surface area contributed by atoms with Crippen molar-refractivity contribution in [2.45, 2.75) is 96.9 Å². The van der Waals surface area contributed by atoms with Gasteiger partial charge in [-0.1, -0.05) is 20.3 Å². The largest absolute Gasteiger partial charge is 0.444 e. The lowest BCUT2D eigenvalue weighted by Gasteiger charge is -2.38. The summed E-state index contributed by atoms with van der Waals surface area (Å²) in [5.74, 6) is 1.46. The Balaban J connectivity index is 1.89. The Hall–Kier alpha value is -0.770. The molecule has 4 heteroatoms. The summed E-state index contributed by atoms with van der Waals surface area (Å²) in [4.78, 5) is 12.0. The van der Waals surface area contributed by atoms with Gasteiger partial charge in [-0.3, -0.25) is 0 Å². The number of ether oxygens (including phenoxy) is 1. The smallest absolute Gasteiger partial charge is 0.407 e. The number of nitrogens with one attached hydrogen (secondary N) is 2. The number of rotatable bonds is 3. The Morgan fingerprint density at radius 1 is 0.955 bits per heavy atom. The average molecular weight is 310 g/mol. The van der Waals surface area contributed by atoms with E-state index >= 15 is 0 Å². The molecule has 0 heterocycles. The van der Waals surface area contributed by atoms with E-state index in [9.17, 15) is 4.79 Å². The SMILES string of the molecule is CC1CCCC(C)C1NC1CCCC1NC(=O)OC(C)(C)C. The van der Waals surface area contributed by atoms with E-state index in [-0.39, 0.29) is 12.1 Å². The van der Waals surface area contributed by atoms with Crippen LogP contribution < -0.4 is 10.6 Å². The van der Waals surface area contributed by atoms with Crippen molar-refractivity contribution in [2.24, 2.45) is 11.8 Å². The van der Waals surface area contributed by atoms with Crippen molar-refractivity contribution in [1.29, 1.82) is 0 Å². The second-order valence-corrected chi connectivity index (χ2v) is 8.37. The van der Waals surface area contributed by atoms with Crippen molar-refractivity contribution in [1.82, 2.24) is 10.6 Å². The minimum atomic E-state index is -0.433. The predicted octanol–water partition coefficient (Wildman–Crippen LogP) is 3.85. The average Bonchev–Trinajstić information content (AvgIpc) is 2.79. The van der Waals surface area contributed by atoms with Gasteiger partial charge < -0.3 is 15.4 Å². The summed E-state index contributed by atoms with van der Waals surface area (Å²) in [5, 5.41) is 6.95. The molecule has 4 unspecified atom stereocenters. The summed E-state index contributed by atoms with van der Waals surface area (Å²) in [6.45, 7) is 10.4. The molecule has 4 nitrogen and oxygen atoms in total. The van der Waals surface area contributed by atoms with E-state index in [1.807, 2.05) is 20.8 Å². The van der Waals surface area contributed by atoms with Crippen LogP contribution in [-0.2, 0) is 4.74 Å². The normalized spacial score (nSPS) is 36.1. The highest BCUT2D eigenvalue weighted by Crippen LogP contribution is 2.31. The fourth-order valence-electron chi connectivity index (χ4n) is 4.05. The van der Waals surface area contributed by atoms with Crippen LogP contribution >= 0.6 is 0 Å². The molecule has 0 aromatic rings. The summed E-state index contributed by atoms with van der Waals surface area (Å²) in [7, 11) is 0. The Bertz CT molecular complexity index is 368. The molecule has 2 aliphatic rings. The maximum Gasteiger partial charge on any atom is 0.407 e. The summed E-state index contributed by atoms with van der Waals surface area (Å²) in [5.41, 5.74) is -0.433. The van der Waals surface area contributed by atoms with Crippen LogP contribution in [0.25, 0.3) is 0 Å². The first-order chi connectivity index (χ1) is 10.3. The second kappa shape index (κ2) is 7.20. The fourth-order valence-corrected chi connectivity index (χ4v) is 4.05. The molecule has 2 rings (SSSR count). The third-order valence-corrected chi connectivity index (χ3v) is 5.17. The first-order valence-electron chi connectivity index (χ1n) is 9.02. The van der Waals surface area contributed by atoms with Crippen LogP contribution in [0.4, 0.5) is 4.79 Å². The Kier molecular flexibility index (Phi) is 5.76. The zero-order chi connectivity index (χ0) is 16.3. The van der Waals surface area contributed by atoms with Gasteiger partial charge in [0.25, 0.3) is 0 Å². The molecular weight excluding hydrogens is 276 g/mol. The van der Waals surface area contributed by atoms with Crippen LogP contribution in [0.2, 0.25) is 0 Å². The number of alkyl carbamates (subject to hydrolysis) is 1. The number of carbonyl (C=O) groups excluding carboxylic acids is 1. The molecule has 0 spiro atoms. The van der Waals surface area contributed by atoms with E-state index in [2.05, 4.69) is 24.5 Å². The van der Waals surface area contributed by atoms with Crippen LogP contribution in [-0.4, -0.2) is 29.8 Å². The zero-order valence-electron chi connectivity index (χ0n) is 14.9. The molecule has 22 heavy (non-hydrogen) atoms. The van der Waals surface area contributed by atoms with Gasteiger partial charge in [0.05, 0.1) is 0 Å². The highest BCUT2D eigenvalue weighted by molar-refractivity contribution is 5.68. The lowest BCUT2D eigenvalue weighted by atomic mass is 9.78. The fraction of sp³-hybridized carbons (Fsp3) is 0.944. The van der Waals surface area contributed by atoms with E-state index < -0.39 is 5.60 Å². The van der Waals surface area contributed by atoms with Crippen molar-refractivity contribution >= 4 is 6.09 Å². The van der Waals surface area contributed by atoms with Crippen molar-refractivity contribution in [3.8, 4) is 0 Å². The molecule has 2 saturated carbocycles. The molecule has 0 radical (unpaired) electrons. The number of hydrogen-bond donors (Lipinski definition) is 2. The standard InChI is InChI=1S/C18H34N2O2/c1-12-8-6-9-13(2)16(12)19-14-10-7-11-15(14)20-17(21)22-18(3,4)5/h12-16,19H,6-11H2,1-5H3,(H,20,21). The van der Waals surface area contributed by atoms with Gasteiger partial charge in [0, 0.05) is 18.1 Å². The zero-order valence-corrected chi connectivity index (χ0v) is 14.9. The molecule has 0 aliphatic heterocycles. The lowest BCUT2D eigenvalue weighted by Crippen LogP contribution is -2.54.